The highest BCUT2D eigenvalue weighted by atomic mass is 79.9. The second kappa shape index (κ2) is 7.65. The molecule has 0 spiro atoms. The number of hydrogen-bond donors (Lipinski definition) is 2. The van der Waals surface area contributed by atoms with Crippen LogP contribution in [0.1, 0.15) is 28.4 Å². The molecule has 0 bridgehead atoms. The first-order chi connectivity index (χ1) is 14.6. The number of H-pyrrole nitrogens is 1. The van der Waals surface area contributed by atoms with E-state index < -0.39 is 0 Å². The van der Waals surface area contributed by atoms with Crippen molar-refractivity contribution in [2.75, 3.05) is 11.9 Å². The van der Waals surface area contributed by atoms with E-state index >= 15 is 0 Å². The van der Waals surface area contributed by atoms with Gasteiger partial charge in [0.05, 0.1) is 11.7 Å². The molecular weight excluding hydrogens is 438 g/mol. The van der Waals surface area contributed by atoms with Crippen LogP contribution in [-0.4, -0.2) is 22.5 Å². The molecule has 1 unspecified atom stereocenters. The fraction of sp³-hybridized carbons (Fsp3) is 0.160. The zero-order chi connectivity index (χ0) is 20.7. The molecule has 0 saturated carbocycles. The van der Waals surface area contributed by atoms with Crippen molar-refractivity contribution in [1.82, 2.24) is 9.88 Å². The predicted molar refractivity (Wildman–Crippen MR) is 125 cm³/mol. The van der Waals surface area contributed by atoms with Crippen LogP contribution in [0, 0.1) is 6.92 Å². The van der Waals surface area contributed by atoms with E-state index in [0.717, 1.165) is 33.4 Å². The van der Waals surface area contributed by atoms with E-state index in [1.807, 2.05) is 35.2 Å². The van der Waals surface area contributed by atoms with Gasteiger partial charge in [0.25, 0.3) is 0 Å². The molecule has 5 rings (SSSR count). The molecule has 2 amide bonds. The molecular formula is C25H22BrN3O. The van der Waals surface area contributed by atoms with Crippen LogP contribution < -0.4 is 5.32 Å². The largest absolute Gasteiger partial charge is 0.356 e. The first-order valence-electron chi connectivity index (χ1n) is 10.1. The molecule has 30 heavy (non-hydrogen) atoms. The van der Waals surface area contributed by atoms with Gasteiger partial charge in [-0.2, -0.15) is 0 Å². The van der Waals surface area contributed by atoms with E-state index in [-0.39, 0.29) is 12.1 Å². The summed E-state index contributed by atoms with van der Waals surface area (Å²) in [6, 6.07) is 24.3. The molecule has 5 heteroatoms. The quantitative estimate of drug-likeness (QED) is 0.356. The van der Waals surface area contributed by atoms with Crippen molar-refractivity contribution in [2.45, 2.75) is 19.4 Å². The van der Waals surface area contributed by atoms with E-state index in [2.05, 4.69) is 75.6 Å². The Morgan fingerprint density at radius 1 is 1.03 bits per heavy atom. The molecule has 0 saturated heterocycles. The first kappa shape index (κ1) is 18.9. The van der Waals surface area contributed by atoms with Gasteiger partial charge in [-0.1, -0.05) is 60.2 Å². The van der Waals surface area contributed by atoms with Crippen LogP contribution in [0.15, 0.2) is 77.3 Å². The van der Waals surface area contributed by atoms with Crippen molar-refractivity contribution in [2.24, 2.45) is 0 Å². The summed E-state index contributed by atoms with van der Waals surface area (Å²) in [5, 5.41) is 4.33. The normalized spacial score (nSPS) is 15.8. The Hall–Kier alpha value is -3.05. The maximum atomic E-state index is 13.4. The Morgan fingerprint density at radius 2 is 1.77 bits per heavy atom. The summed E-state index contributed by atoms with van der Waals surface area (Å²) in [6.07, 6.45) is 0.824. The van der Waals surface area contributed by atoms with Crippen LogP contribution >= 0.6 is 15.9 Å². The van der Waals surface area contributed by atoms with Gasteiger partial charge in [0.15, 0.2) is 0 Å². The second-order valence-electron chi connectivity index (χ2n) is 7.73. The third-order valence-corrected chi connectivity index (χ3v) is 6.50. The Balaban J connectivity index is 1.59. The maximum Gasteiger partial charge on any atom is 0.322 e. The summed E-state index contributed by atoms with van der Waals surface area (Å²) in [5.74, 6) is 0. The highest BCUT2D eigenvalue weighted by molar-refractivity contribution is 9.10. The summed E-state index contributed by atoms with van der Waals surface area (Å²) in [6.45, 7) is 2.74. The van der Waals surface area contributed by atoms with Crippen LogP contribution in [0.4, 0.5) is 10.5 Å². The summed E-state index contributed by atoms with van der Waals surface area (Å²) < 4.78 is 0.869. The van der Waals surface area contributed by atoms with Crippen LogP contribution in [0.25, 0.3) is 10.9 Å². The van der Waals surface area contributed by atoms with Crippen molar-refractivity contribution in [3.63, 3.8) is 0 Å². The van der Waals surface area contributed by atoms with E-state index in [1.165, 1.54) is 16.5 Å². The predicted octanol–water partition coefficient (Wildman–Crippen LogP) is 6.42. The number of anilines is 1. The van der Waals surface area contributed by atoms with Crippen LogP contribution in [-0.2, 0) is 6.42 Å². The van der Waals surface area contributed by atoms with Crippen LogP contribution in [0.3, 0.4) is 0 Å². The number of carbonyl (C=O) groups is 1. The van der Waals surface area contributed by atoms with Crippen LogP contribution in [0.5, 0.6) is 0 Å². The average Bonchev–Trinajstić information content (AvgIpc) is 3.14. The number of amides is 2. The lowest BCUT2D eigenvalue weighted by atomic mass is 9.92. The molecule has 2 heterocycles. The van der Waals surface area contributed by atoms with Gasteiger partial charge in [0.1, 0.15) is 0 Å². The molecule has 2 N–H and O–H groups in total. The number of benzene rings is 3. The number of aromatic amines is 1. The van der Waals surface area contributed by atoms with Gasteiger partial charge in [-0.25, -0.2) is 4.79 Å². The number of aromatic nitrogens is 1. The maximum absolute atomic E-state index is 13.4. The van der Waals surface area contributed by atoms with Crippen molar-refractivity contribution >= 4 is 38.6 Å². The smallest absolute Gasteiger partial charge is 0.322 e. The molecule has 1 aliphatic rings. The third-order valence-electron chi connectivity index (χ3n) is 5.80. The molecule has 0 radical (unpaired) electrons. The summed E-state index contributed by atoms with van der Waals surface area (Å²) in [7, 11) is 0. The number of carbonyl (C=O) groups excluding carboxylic acids is 1. The van der Waals surface area contributed by atoms with Crippen LogP contribution in [0.2, 0.25) is 0 Å². The summed E-state index contributed by atoms with van der Waals surface area (Å²) in [4.78, 5) is 18.9. The minimum absolute atomic E-state index is 0.100. The topological polar surface area (TPSA) is 48.1 Å². The third kappa shape index (κ3) is 3.29. The van der Waals surface area contributed by atoms with Gasteiger partial charge in [0.2, 0.25) is 0 Å². The Kier molecular flexibility index (Phi) is 4.83. The lowest BCUT2D eigenvalue weighted by Crippen LogP contribution is -2.43. The fourth-order valence-electron chi connectivity index (χ4n) is 4.30. The van der Waals surface area contributed by atoms with Gasteiger partial charge in [0, 0.05) is 27.6 Å². The minimum Gasteiger partial charge on any atom is -0.356 e. The number of urea groups is 1. The number of para-hydroxylation sites is 2. The SMILES string of the molecule is Cc1ccc(C2c3[nH]c4ccccc4c3CCN2C(=O)Nc2ccccc2Br)cc1. The van der Waals surface area contributed by atoms with E-state index in [1.54, 1.807) is 0 Å². The molecule has 1 aromatic heterocycles. The number of fused-ring (bicyclic) bond motifs is 3. The summed E-state index contributed by atoms with van der Waals surface area (Å²) >= 11 is 3.53. The Bertz CT molecular complexity index is 1230. The molecule has 4 aromatic rings. The average molecular weight is 460 g/mol. The summed E-state index contributed by atoms with van der Waals surface area (Å²) in [5.41, 5.74) is 6.61. The molecule has 4 nitrogen and oxygen atoms in total. The molecule has 150 valence electrons. The molecule has 3 aromatic carbocycles. The van der Waals surface area contributed by atoms with Gasteiger partial charge < -0.3 is 15.2 Å². The monoisotopic (exact) mass is 459 g/mol. The Labute approximate surface area is 184 Å². The van der Waals surface area contributed by atoms with Gasteiger partial charge in [-0.05, 0) is 58.6 Å². The molecule has 0 aliphatic carbocycles. The van der Waals surface area contributed by atoms with Gasteiger partial charge >= 0.3 is 6.03 Å². The number of nitrogens with one attached hydrogen (secondary N) is 2. The lowest BCUT2D eigenvalue weighted by molar-refractivity contribution is 0.193. The van der Waals surface area contributed by atoms with Gasteiger partial charge in [-0.3, -0.25) is 0 Å². The van der Waals surface area contributed by atoms with Crippen molar-refractivity contribution in [3.05, 3.63) is 99.7 Å². The van der Waals surface area contributed by atoms with Crippen molar-refractivity contribution in [1.29, 1.82) is 0 Å². The van der Waals surface area contributed by atoms with Gasteiger partial charge in [-0.15, -0.1) is 0 Å². The second-order valence-corrected chi connectivity index (χ2v) is 8.58. The number of hydrogen-bond acceptors (Lipinski definition) is 1. The fourth-order valence-corrected chi connectivity index (χ4v) is 4.69. The number of aryl methyl sites for hydroxylation is 1. The van der Waals surface area contributed by atoms with Crippen molar-refractivity contribution in [3.8, 4) is 0 Å². The number of rotatable bonds is 2. The molecule has 1 aliphatic heterocycles. The van der Waals surface area contributed by atoms with E-state index in [9.17, 15) is 4.79 Å². The van der Waals surface area contributed by atoms with Crippen molar-refractivity contribution < 1.29 is 4.79 Å². The Morgan fingerprint density at radius 3 is 2.57 bits per heavy atom. The van der Waals surface area contributed by atoms with E-state index in [0.29, 0.717) is 6.54 Å². The lowest BCUT2D eigenvalue weighted by Gasteiger charge is -2.36. The minimum atomic E-state index is -0.163. The zero-order valence-electron chi connectivity index (χ0n) is 16.7. The number of halogens is 1. The number of nitrogens with zero attached hydrogens (tertiary/aromatic N) is 1. The highest BCUT2D eigenvalue weighted by Crippen LogP contribution is 2.39. The zero-order valence-corrected chi connectivity index (χ0v) is 18.2. The molecule has 0 fully saturated rings. The highest BCUT2D eigenvalue weighted by Gasteiger charge is 2.34. The molecule has 1 atom stereocenters. The first-order valence-corrected chi connectivity index (χ1v) is 10.9. The standard InChI is InChI=1S/C25H22BrN3O/c1-16-10-12-17(13-11-16)24-23-19(18-6-2-4-8-21(18)27-23)14-15-29(24)25(30)28-22-9-5-3-7-20(22)26/h2-13,24,27H,14-15H2,1H3,(H,28,30). The van der Waals surface area contributed by atoms with E-state index in [4.69, 9.17) is 0 Å².